The van der Waals surface area contributed by atoms with Crippen LogP contribution >= 0.6 is 0 Å². The summed E-state index contributed by atoms with van der Waals surface area (Å²) >= 11 is 0. The molecule has 0 amide bonds. The highest BCUT2D eigenvalue weighted by molar-refractivity contribution is 5.02. The summed E-state index contributed by atoms with van der Waals surface area (Å²) in [4.78, 5) is 2.91. The maximum atomic E-state index is 2.91. The Kier molecular flexibility index (Phi) is 2.54. The van der Waals surface area contributed by atoms with E-state index in [0.29, 0.717) is 0 Å². The molecule has 0 atom stereocenters. The minimum atomic E-state index is 0.989. The highest BCUT2D eigenvalue weighted by atomic mass is 15.2. The minimum Gasteiger partial charge on any atom is -0.300 e. The van der Waals surface area contributed by atoms with E-state index in [2.05, 4.69) is 11.8 Å². The minimum absolute atomic E-state index is 0.989. The average molecular weight is 233 g/mol. The van der Waals surface area contributed by atoms with Crippen molar-refractivity contribution in [1.82, 2.24) is 4.90 Å². The molecule has 5 fully saturated rings. The van der Waals surface area contributed by atoms with Gasteiger partial charge in [0.25, 0.3) is 0 Å². The Morgan fingerprint density at radius 3 is 1.82 bits per heavy atom. The molecule has 5 rings (SSSR count). The summed E-state index contributed by atoms with van der Waals surface area (Å²) in [5.74, 6) is 5.46. The standard InChI is InChI=1S/C16H27N/c1-11-2-4-17(5-3-11)16-14-7-12-6-13(9-14)10-15(16)8-12/h11-16H,2-10H2,1H3. The molecule has 1 saturated heterocycles. The highest BCUT2D eigenvalue weighted by Crippen LogP contribution is 2.55. The first-order valence-corrected chi connectivity index (χ1v) is 8.03. The lowest BCUT2D eigenvalue weighted by Crippen LogP contribution is -2.57. The van der Waals surface area contributed by atoms with Crippen molar-refractivity contribution in [3.63, 3.8) is 0 Å². The summed E-state index contributed by atoms with van der Waals surface area (Å²) in [6.45, 7) is 5.26. The fourth-order valence-electron chi connectivity index (χ4n) is 5.82. The van der Waals surface area contributed by atoms with Gasteiger partial charge in [0.15, 0.2) is 0 Å². The van der Waals surface area contributed by atoms with Crippen LogP contribution in [0.25, 0.3) is 0 Å². The number of rotatable bonds is 1. The van der Waals surface area contributed by atoms with Gasteiger partial charge in [-0.3, -0.25) is 4.90 Å². The van der Waals surface area contributed by atoms with Gasteiger partial charge in [-0.1, -0.05) is 6.92 Å². The molecular weight excluding hydrogens is 206 g/mol. The van der Waals surface area contributed by atoms with Gasteiger partial charge in [0.05, 0.1) is 0 Å². The van der Waals surface area contributed by atoms with Crippen molar-refractivity contribution in [2.24, 2.45) is 29.6 Å². The van der Waals surface area contributed by atoms with Gasteiger partial charge >= 0.3 is 0 Å². The third-order valence-electron chi connectivity index (χ3n) is 6.42. The van der Waals surface area contributed by atoms with Crippen molar-refractivity contribution in [2.75, 3.05) is 13.1 Å². The van der Waals surface area contributed by atoms with E-state index < -0.39 is 0 Å². The summed E-state index contributed by atoms with van der Waals surface area (Å²) in [5.41, 5.74) is 0. The van der Waals surface area contributed by atoms with Crippen LogP contribution in [0.1, 0.15) is 51.9 Å². The lowest BCUT2D eigenvalue weighted by molar-refractivity contribution is -0.0729. The van der Waals surface area contributed by atoms with Crippen LogP contribution in [0.5, 0.6) is 0 Å². The molecule has 0 spiro atoms. The van der Waals surface area contributed by atoms with Gasteiger partial charge in [-0.25, -0.2) is 0 Å². The van der Waals surface area contributed by atoms with Crippen LogP contribution in [0.3, 0.4) is 0 Å². The van der Waals surface area contributed by atoms with Crippen LogP contribution in [0, 0.1) is 29.6 Å². The van der Waals surface area contributed by atoms with E-state index >= 15 is 0 Å². The summed E-state index contributed by atoms with van der Waals surface area (Å²) in [7, 11) is 0. The number of hydrogen-bond donors (Lipinski definition) is 0. The second kappa shape index (κ2) is 3.98. The molecule has 4 saturated carbocycles. The number of piperidine rings is 1. The summed E-state index contributed by atoms with van der Waals surface area (Å²) in [6, 6.07) is 1.01. The van der Waals surface area contributed by atoms with Crippen LogP contribution in [0.4, 0.5) is 0 Å². The largest absolute Gasteiger partial charge is 0.300 e. The van der Waals surface area contributed by atoms with Crippen LogP contribution in [0.2, 0.25) is 0 Å². The highest BCUT2D eigenvalue weighted by Gasteiger charge is 2.50. The third-order valence-corrected chi connectivity index (χ3v) is 6.42. The Morgan fingerprint density at radius 2 is 1.29 bits per heavy atom. The fraction of sp³-hybridized carbons (Fsp3) is 1.00. The lowest BCUT2D eigenvalue weighted by Gasteiger charge is -2.58. The molecule has 4 aliphatic carbocycles. The first-order chi connectivity index (χ1) is 8.29. The molecule has 0 aromatic rings. The van der Waals surface area contributed by atoms with Crippen molar-refractivity contribution in [3.8, 4) is 0 Å². The number of likely N-dealkylation sites (tertiary alicyclic amines) is 1. The molecular formula is C16H27N. The molecule has 4 bridgehead atoms. The Morgan fingerprint density at radius 1 is 0.765 bits per heavy atom. The van der Waals surface area contributed by atoms with Crippen LogP contribution < -0.4 is 0 Å². The van der Waals surface area contributed by atoms with E-state index in [9.17, 15) is 0 Å². The zero-order chi connectivity index (χ0) is 11.4. The molecule has 1 heterocycles. The van der Waals surface area contributed by atoms with Crippen LogP contribution in [-0.4, -0.2) is 24.0 Å². The van der Waals surface area contributed by atoms with Crippen molar-refractivity contribution in [3.05, 3.63) is 0 Å². The average Bonchev–Trinajstić information content (AvgIpc) is 2.30. The van der Waals surface area contributed by atoms with Gasteiger partial charge in [0.2, 0.25) is 0 Å². The molecule has 5 aliphatic rings. The maximum Gasteiger partial charge on any atom is 0.0152 e. The molecule has 0 aromatic heterocycles. The quantitative estimate of drug-likeness (QED) is 0.669. The van der Waals surface area contributed by atoms with Crippen molar-refractivity contribution >= 4 is 0 Å². The third kappa shape index (κ3) is 1.77. The van der Waals surface area contributed by atoms with Crippen molar-refractivity contribution < 1.29 is 0 Å². The van der Waals surface area contributed by atoms with Gasteiger partial charge in [-0.05, 0) is 87.6 Å². The SMILES string of the molecule is CC1CCN(C2C3CC4CC(C3)CC2C4)CC1. The Hall–Kier alpha value is -0.0400. The van der Waals surface area contributed by atoms with E-state index in [1.54, 1.807) is 32.1 Å². The topological polar surface area (TPSA) is 3.24 Å². The van der Waals surface area contributed by atoms with Gasteiger partial charge in [-0.15, -0.1) is 0 Å². The molecule has 0 radical (unpaired) electrons. The van der Waals surface area contributed by atoms with Crippen LogP contribution in [-0.2, 0) is 0 Å². The molecule has 1 nitrogen and oxygen atoms in total. The van der Waals surface area contributed by atoms with Gasteiger partial charge < -0.3 is 0 Å². The zero-order valence-electron chi connectivity index (χ0n) is 11.3. The monoisotopic (exact) mass is 233 g/mol. The Balaban J connectivity index is 1.50. The fourth-order valence-corrected chi connectivity index (χ4v) is 5.82. The summed E-state index contributed by atoms with van der Waals surface area (Å²) in [6.07, 6.45) is 10.9. The molecule has 0 N–H and O–H groups in total. The Bertz CT molecular complexity index is 262. The van der Waals surface area contributed by atoms with E-state index in [-0.39, 0.29) is 0 Å². The molecule has 17 heavy (non-hydrogen) atoms. The van der Waals surface area contributed by atoms with Gasteiger partial charge in [0.1, 0.15) is 0 Å². The molecule has 96 valence electrons. The zero-order valence-corrected chi connectivity index (χ0v) is 11.3. The van der Waals surface area contributed by atoms with Crippen LogP contribution in [0.15, 0.2) is 0 Å². The molecule has 1 aliphatic heterocycles. The summed E-state index contributed by atoms with van der Waals surface area (Å²) < 4.78 is 0. The first kappa shape index (κ1) is 10.8. The van der Waals surface area contributed by atoms with Crippen molar-refractivity contribution in [1.29, 1.82) is 0 Å². The maximum absolute atomic E-state index is 2.91. The summed E-state index contributed by atoms with van der Waals surface area (Å²) in [5, 5.41) is 0. The Labute approximate surface area is 106 Å². The van der Waals surface area contributed by atoms with E-state index in [0.717, 1.165) is 35.6 Å². The lowest BCUT2D eigenvalue weighted by atomic mass is 9.53. The second-order valence-corrected chi connectivity index (χ2v) is 7.64. The van der Waals surface area contributed by atoms with Gasteiger partial charge in [0, 0.05) is 6.04 Å². The van der Waals surface area contributed by atoms with E-state index in [1.165, 1.54) is 25.9 Å². The van der Waals surface area contributed by atoms with E-state index in [4.69, 9.17) is 0 Å². The predicted molar refractivity (Wildman–Crippen MR) is 70.8 cm³/mol. The smallest absolute Gasteiger partial charge is 0.0152 e. The van der Waals surface area contributed by atoms with E-state index in [1.807, 2.05) is 0 Å². The number of nitrogens with zero attached hydrogens (tertiary/aromatic N) is 1. The second-order valence-electron chi connectivity index (χ2n) is 7.64. The predicted octanol–water partition coefficient (Wildman–Crippen LogP) is 3.54. The first-order valence-electron chi connectivity index (χ1n) is 8.03. The normalized spacial score (nSPS) is 51.0. The molecule has 0 unspecified atom stereocenters. The molecule has 0 aromatic carbocycles. The molecule has 1 heteroatoms. The van der Waals surface area contributed by atoms with Crippen molar-refractivity contribution in [2.45, 2.75) is 57.9 Å². The van der Waals surface area contributed by atoms with Gasteiger partial charge in [-0.2, -0.15) is 0 Å². The number of hydrogen-bond acceptors (Lipinski definition) is 1.